The van der Waals surface area contributed by atoms with Crippen molar-refractivity contribution in [3.05, 3.63) is 21.9 Å². The Balaban J connectivity index is 1.75. The zero-order chi connectivity index (χ0) is 15.0. The monoisotopic (exact) mass is 305 g/mol. The summed E-state index contributed by atoms with van der Waals surface area (Å²) in [5, 5.41) is 0. The summed E-state index contributed by atoms with van der Waals surface area (Å²) in [5.74, 6) is -0.431. The topological polar surface area (TPSA) is 54.5 Å². The number of rotatable bonds is 3. The number of hydrogen-bond donors (Lipinski definition) is 0. The molecule has 3 rings (SSSR count). The minimum absolute atomic E-state index is 0.0978. The third-order valence-electron chi connectivity index (χ3n) is 4.62. The Kier molecular flexibility index (Phi) is 3.69. The molecule has 2 fully saturated rings. The molecule has 0 unspecified atom stereocenters. The van der Waals surface area contributed by atoms with E-state index >= 15 is 0 Å². The Hall–Kier alpha value is -1.49. The van der Waals surface area contributed by atoms with Crippen LogP contribution in [0.5, 0.6) is 0 Å². The van der Waals surface area contributed by atoms with Crippen LogP contribution in [-0.4, -0.2) is 29.0 Å². The summed E-state index contributed by atoms with van der Waals surface area (Å²) in [7, 11) is 0. The number of imide groups is 1. The van der Waals surface area contributed by atoms with Gasteiger partial charge in [0.25, 0.3) is 0 Å². The van der Waals surface area contributed by atoms with E-state index in [1.165, 1.54) is 16.2 Å². The molecule has 112 valence electrons. The highest BCUT2D eigenvalue weighted by atomic mass is 32.1. The SMILES string of the molecule is Cc1ccc(C(=O)CN2C(=O)CC3(CCCCC3)C2=O)s1. The molecule has 5 heteroatoms. The molecule has 2 heterocycles. The van der Waals surface area contributed by atoms with Gasteiger partial charge >= 0.3 is 0 Å². The summed E-state index contributed by atoms with van der Waals surface area (Å²) in [6, 6.07) is 3.65. The van der Waals surface area contributed by atoms with Crippen molar-refractivity contribution in [2.75, 3.05) is 6.54 Å². The molecule has 1 saturated heterocycles. The van der Waals surface area contributed by atoms with Crippen molar-refractivity contribution >= 4 is 28.9 Å². The standard InChI is InChI=1S/C16H19NO3S/c1-11-5-6-13(21-11)12(18)10-17-14(19)9-16(15(17)20)7-3-2-4-8-16/h5-6H,2-4,7-10H2,1H3. The van der Waals surface area contributed by atoms with Gasteiger partial charge in [0.05, 0.1) is 16.8 Å². The highest BCUT2D eigenvalue weighted by Gasteiger charge is 2.51. The molecule has 0 radical (unpaired) electrons. The fourth-order valence-corrected chi connectivity index (χ4v) is 4.24. The molecule has 1 aromatic rings. The number of nitrogens with zero attached hydrogens (tertiary/aromatic N) is 1. The third-order valence-corrected chi connectivity index (χ3v) is 5.66. The van der Waals surface area contributed by atoms with Gasteiger partial charge in [-0.25, -0.2) is 0 Å². The first-order chi connectivity index (χ1) is 10.0. The number of aryl methyl sites for hydroxylation is 1. The van der Waals surface area contributed by atoms with E-state index in [0.717, 1.165) is 37.0 Å². The van der Waals surface area contributed by atoms with E-state index < -0.39 is 5.41 Å². The average molecular weight is 305 g/mol. The Morgan fingerprint density at radius 1 is 1.24 bits per heavy atom. The molecule has 1 aromatic heterocycles. The Morgan fingerprint density at radius 2 is 1.95 bits per heavy atom. The largest absolute Gasteiger partial charge is 0.291 e. The smallest absolute Gasteiger partial charge is 0.236 e. The molecule has 0 bridgehead atoms. The third kappa shape index (κ3) is 2.55. The number of amides is 2. The van der Waals surface area contributed by atoms with Gasteiger partial charge in [-0.2, -0.15) is 0 Å². The van der Waals surface area contributed by atoms with Crippen molar-refractivity contribution in [1.29, 1.82) is 0 Å². The second-order valence-corrected chi connectivity index (χ2v) is 7.42. The van der Waals surface area contributed by atoms with Crippen molar-refractivity contribution in [2.45, 2.75) is 45.4 Å². The quantitative estimate of drug-likeness (QED) is 0.637. The van der Waals surface area contributed by atoms with Crippen LogP contribution in [0.3, 0.4) is 0 Å². The van der Waals surface area contributed by atoms with Gasteiger partial charge in [-0.3, -0.25) is 19.3 Å². The number of carbonyl (C=O) groups excluding carboxylic acids is 3. The van der Waals surface area contributed by atoms with Crippen molar-refractivity contribution < 1.29 is 14.4 Å². The summed E-state index contributed by atoms with van der Waals surface area (Å²) in [5.41, 5.74) is -0.499. The first-order valence-electron chi connectivity index (χ1n) is 7.46. The molecule has 4 nitrogen and oxygen atoms in total. The maximum atomic E-state index is 12.6. The fraction of sp³-hybridized carbons (Fsp3) is 0.562. The van der Waals surface area contributed by atoms with Crippen LogP contribution in [0.15, 0.2) is 12.1 Å². The average Bonchev–Trinajstić information content (AvgIpc) is 2.98. The predicted molar refractivity (Wildman–Crippen MR) is 80.2 cm³/mol. The molecular weight excluding hydrogens is 286 g/mol. The van der Waals surface area contributed by atoms with Crippen LogP contribution in [0, 0.1) is 12.3 Å². The molecular formula is C16H19NO3S. The molecule has 1 saturated carbocycles. The first-order valence-corrected chi connectivity index (χ1v) is 8.28. The summed E-state index contributed by atoms with van der Waals surface area (Å²) in [4.78, 5) is 39.9. The lowest BCUT2D eigenvalue weighted by Gasteiger charge is -2.30. The Labute approximate surface area is 128 Å². The molecule has 0 N–H and O–H groups in total. The van der Waals surface area contributed by atoms with E-state index in [1.54, 1.807) is 6.07 Å². The molecule has 1 spiro atoms. The van der Waals surface area contributed by atoms with E-state index in [-0.39, 0.29) is 24.1 Å². The van der Waals surface area contributed by atoms with E-state index in [0.29, 0.717) is 11.3 Å². The van der Waals surface area contributed by atoms with Crippen molar-refractivity contribution in [2.24, 2.45) is 5.41 Å². The highest BCUT2D eigenvalue weighted by Crippen LogP contribution is 2.45. The number of Topliss-reactive ketones (excluding diaryl/α,β-unsaturated/α-hetero) is 1. The minimum atomic E-state index is -0.499. The van der Waals surface area contributed by atoms with Crippen molar-refractivity contribution in [3.63, 3.8) is 0 Å². The molecule has 0 aromatic carbocycles. The van der Waals surface area contributed by atoms with E-state index in [9.17, 15) is 14.4 Å². The van der Waals surface area contributed by atoms with Crippen LogP contribution in [0.1, 0.15) is 53.1 Å². The van der Waals surface area contributed by atoms with E-state index in [4.69, 9.17) is 0 Å². The zero-order valence-corrected chi connectivity index (χ0v) is 13.0. The van der Waals surface area contributed by atoms with Gasteiger partial charge in [0.1, 0.15) is 0 Å². The zero-order valence-electron chi connectivity index (χ0n) is 12.2. The summed E-state index contributed by atoms with van der Waals surface area (Å²) < 4.78 is 0. The number of carbonyl (C=O) groups is 3. The minimum Gasteiger partial charge on any atom is -0.291 e. The lowest BCUT2D eigenvalue weighted by molar-refractivity contribution is -0.141. The normalized spacial score (nSPS) is 21.3. The Morgan fingerprint density at radius 3 is 2.57 bits per heavy atom. The predicted octanol–water partition coefficient (Wildman–Crippen LogP) is 2.95. The van der Waals surface area contributed by atoms with Gasteiger partial charge in [-0.05, 0) is 31.9 Å². The molecule has 1 aliphatic heterocycles. The van der Waals surface area contributed by atoms with E-state index in [2.05, 4.69) is 0 Å². The maximum absolute atomic E-state index is 12.6. The first kappa shape index (κ1) is 14.4. The van der Waals surface area contributed by atoms with Gasteiger partial charge in [0.2, 0.25) is 11.8 Å². The second-order valence-electron chi connectivity index (χ2n) is 6.14. The second kappa shape index (κ2) is 5.37. The molecule has 2 amide bonds. The van der Waals surface area contributed by atoms with Crippen molar-refractivity contribution in [1.82, 2.24) is 4.90 Å². The van der Waals surface area contributed by atoms with Gasteiger partial charge in [0.15, 0.2) is 5.78 Å². The number of thiophene rings is 1. The lowest BCUT2D eigenvalue weighted by Crippen LogP contribution is -2.39. The number of likely N-dealkylation sites (tertiary alicyclic amines) is 1. The van der Waals surface area contributed by atoms with E-state index in [1.807, 2.05) is 13.0 Å². The molecule has 1 aliphatic carbocycles. The summed E-state index contributed by atoms with van der Waals surface area (Å²) >= 11 is 1.41. The van der Waals surface area contributed by atoms with Crippen LogP contribution >= 0.6 is 11.3 Å². The van der Waals surface area contributed by atoms with Crippen LogP contribution in [0.2, 0.25) is 0 Å². The van der Waals surface area contributed by atoms with Crippen LogP contribution in [0.4, 0.5) is 0 Å². The summed E-state index contributed by atoms with van der Waals surface area (Å²) in [6.45, 7) is 1.84. The van der Waals surface area contributed by atoms with Gasteiger partial charge in [0, 0.05) is 11.3 Å². The van der Waals surface area contributed by atoms with Gasteiger partial charge in [-0.15, -0.1) is 11.3 Å². The number of hydrogen-bond acceptors (Lipinski definition) is 4. The van der Waals surface area contributed by atoms with Gasteiger partial charge < -0.3 is 0 Å². The van der Waals surface area contributed by atoms with Crippen LogP contribution in [-0.2, 0) is 9.59 Å². The molecule has 2 aliphatic rings. The Bertz CT molecular complexity index is 598. The maximum Gasteiger partial charge on any atom is 0.236 e. The lowest BCUT2D eigenvalue weighted by atomic mass is 9.73. The summed E-state index contributed by atoms with van der Waals surface area (Å²) in [6.07, 6.45) is 5.02. The van der Waals surface area contributed by atoms with Crippen LogP contribution < -0.4 is 0 Å². The van der Waals surface area contributed by atoms with Crippen molar-refractivity contribution in [3.8, 4) is 0 Å². The van der Waals surface area contributed by atoms with Gasteiger partial charge in [-0.1, -0.05) is 19.3 Å². The highest BCUT2D eigenvalue weighted by molar-refractivity contribution is 7.14. The molecule has 21 heavy (non-hydrogen) atoms. The fourth-order valence-electron chi connectivity index (χ4n) is 3.45. The molecule has 0 atom stereocenters. The number of ketones is 1. The van der Waals surface area contributed by atoms with Crippen LogP contribution in [0.25, 0.3) is 0 Å².